The topological polar surface area (TPSA) is 439 Å². The maximum Gasteiger partial charge on any atom is 0.527 e. The molecule has 141 heavy (non-hydrogen) atoms. The van der Waals surface area contributed by atoms with Gasteiger partial charge in [0.2, 0.25) is 11.8 Å². The zero-order chi connectivity index (χ0) is 103. The molecule has 13 rings (SSSR count). The van der Waals surface area contributed by atoms with Crippen molar-refractivity contribution in [2.75, 3.05) is 33.5 Å². The van der Waals surface area contributed by atoms with E-state index in [-0.39, 0.29) is 126 Å². The first-order valence-electron chi connectivity index (χ1n) is 50.6. The van der Waals surface area contributed by atoms with Crippen LogP contribution in [0.1, 0.15) is 191 Å². The van der Waals surface area contributed by atoms with E-state index in [4.69, 9.17) is 121 Å². The van der Waals surface area contributed by atoms with E-state index in [0.29, 0.717) is 26.4 Å². The number of fused-ring (bicyclic) bond motifs is 1. The second-order valence-corrected chi connectivity index (χ2v) is 46.2. The van der Waals surface area contributed by atoms with Gasteiger partial charge in [-0.2, -0.15) is 40.5 Å². The number of aliphatic hydroxyl groups is 4. The molecular weight excluding hydrogens is 2090 g/mol. The molecule has 37 nitrogen and oxygen atoms in total. The number of carbonyl (C=O) groups is 4. The summed E-state index contributed by atoms with van der Waals surface area (Å²) in [5, 5.41) is 52.0. The fraction of sp³-hybridized carbons (Fsp3) is 0.840. The average Bonchev–Trinajstić information content (AvgIpc) is 0.752. The Hall–Kier alpha value is -2.32. The number of carbonyl (C=O) groups excluding carboxylic acids is 4. The van der Waals surface area contributed by atoms with Crippen LogP contribution in [0.4, 0.5) is 0 Å². The predicted octanol–water partition coefficient (Wildman–Crippen LogP) is 8.87. The second kappa shape index (κ2) is 54.3. The van der Waals surface area contributed by atoms with Crippen LogP contribution in [-0.2, 0) is 154 Å². The molecule has 802 valence electrons. The second-order valence-electron chi connectivity index (χ2n) is 41.4. The molecule has 11 fully saturated rings. The Labute approximate surface area is 868 Å². The quantitative estimate of drug-likeness (QED) is 0.0199. The number of amides is 2. The molecule has 0 aromatic heterocycles. The molecule has 2 aromatic carbocycles. The Morgan fingerprint density at radius 2 is 0.695 bits per heavy atom. The summed E-state index contributed by atoms with van der Waals surface area (Å²) in [6.07, 6.45) is -28.6. The first-order chi connectivity index (χ1) is 66.8. The van der Waals surface area contributed by atoms with Crippen molar-refractivity contribution in [2.24, 2.45) is 88.6 Å². The van der Waals surface area contributed by atoms with Crippen LogP contribution < -0.4 is 16.4 Å². The lowest BCUT2D eigenvalue weighted by molar-refractivity contribution is -0.395. The van der Waals surface area contributed by atoms with Gasteiger partial charge in [0.05, 0.1) is 101 Å². The normalized spacial score (nSPS) is 45.1. The first-order valence-corrected chi connectivity index (χ1v) is 62.0. The lowest BCUT2D eigenvalue weighted by Crippen LogP contribution is -2.70. The number of aliphatic hydroxyl groups excluding tert-OH is 4. The molecule has 11 saturated heterocycles. The van der Waals surface area contributed by atoms with Gasteiger partial charge in [-0.3, -0.25) is 19.2 Å². The van der Waals surface area contributed by atoms with E-state index in [2.05, 4.69) is 119 Å². The van der Waals surface area contributed by atoms with E-state index >= 15 is 0 Å². The summed E-state index contributed by atoms with van der Waals surface area (Å²) >= 11 is 2.12. The molecule has 0 spiro atoms. The van der Waals surface area contributed by atoms with Crippen LogP contribution in [0.3, 0.4) is 0 Å². The predicted molar refractivity (Wildman–Crippen MR) is 531 cm³/mol. The summed E-state index contributed by atoms with van der Waals surface area (Å²) in [6.45, 7) is 50.9. The number of ether oxygens (including phenoxy) is 24. The van der Waals surface area contributed by atoms with Gasteiger partial charge in [0.15, 0.2) is 80.9 Å². The monoisotopic (exact) mass is 2260 g/mol. The van der Waals surface area contributed by atoms with Crippen molar-refractivity contribution < 1.29 is 161 Å². The van der Waals surface area contributed by atoms with Gasteiger partial charge >= 0.3 is 36.5 Å². The third kappa shape index (κ3) is 29.6. The van der Waals surface area contributed by atoms with Crippen LogP contribution in [0.25, 0.3) is 0 Å². The molecule has 0 radical (unpaired) electrons. The van der Waals surface area contributed by atoms with Crippen LogP contribution in [0.15, 0.2) is 60.7 Å². The van der Waals surface area contributed by atoms with Gasteiger partial charge in [0.1, 0.15) is 85.3 Å². The molecule has 11 heterocycles. The minimum atomic E-state index is -1.45. The van der Waals surface area contributed by atoms with Gasteiger partial charge < -0.3 is 158 Å². The molecule has 8 N–H and O–H groups in total. The number of esters is 2. The van der Waals surface area contributed by atoms with Crippen molar-refractivity contribution in [2.45, 2.75) is 420 Å². The number of rotatable bonds is 33. The van der Waals surface area contributed by atoms with Gasteiger partial charge in [-0.1, -0.05) is 158 Å². The highest BCUT2D eigenvalue weighted by molar-refractivity contribution is 14.1. The highest BCUT2D eigenvalue weighted by atomic mass is 127. The Balaban J connectivity index is 0.000000265. The Kier molecular flexibility index (Phi) is 45.8. The molecule has 11 aliphatic rings. The van der Waals surface area contributed by atoms with Crippen LogP contribution in [0.2, 0.25) is 0 Å². The lowest BCUT2D eigenvalue weighted by Gasteiger charge is -2.53. The van der Waals surface area contributed by atoms with Gasteiger partial charge in [-0.25, -0.2) is 0 Å². The SMILES string of the molecule is CC(=O)NC1[C@H]([O][AlH][I])OC(CO)[C@@H](O)[C@@H]1O[C@@H]1OC(C)[C@H](C)[C@H](O[C@@H]2OC(C)[C@H](C)[C@H](C)C2O[C@@H]2OC(C)[C@H](C)[C@H](O[C@H]3O[C@@H](COCc4ccccc4)[C@@H](C)C(C)C3C)C2O)C1OC(C)=O.CC(=O)NC1[C@H]([O][AlH][I])OC2COC(C)(C)O[C@H]2[C@@H]1O[C@@H]1OC(C)[C@H](C)[C@H](O[C@@H]2OC(C)[C@H](C)[C@H](C)C2O[C@@H]2OC(C)[C@H](C)[C@H](O[C@H]3O[C@@H](COCc4ccccc4)[C@@H](C)C(C)C3C)C2O)C1OC(C)=O.CN. The molecule has 50 atom stereocenters. The van der Waals surface area contributed by atoms with E-state index in [9.17, 15) is 39.6 Å². The maximum absolute atomic E-state index is 13.1. The van der Waals surface area contributed by atoms with E-state index < -0.39 is 246 Å². The van der Waals surface area contributed by atoms with E-state index in [1.54, 1.807) is 13.8 Å². The highest BCUT2D eigenvalue weighted by Gasteiger charge is 2.61. The summed E-state index contributed by atoms with van der Waals surface area (Å²) in [5.74, 6) is -3.69. The number of hydrogen-bond donors (Lipinski definition) is 7. The molecule has 41 heteroatoms. The smallest absolute Gasteiger partial charge is 0.471 e. The minimum absolute atomic E-state index is 0.00745. The number of benzene rings is 2. The van der Waals surface area contributed by atoms with Crippen molar-refractivity contribution in [1.82, 2.24) is 10.6 Å². The summed E-state index contributed by atoms with van der Waals surface area (Å²) in [6, 6.07) is 18.2. The lowest BCUT2D eigenvalue weighted by atomic mass is 9.79. The van der Waals surface area contributed by atoms with Crippen molar-refractivity contribution in [1.29, 1.82) is 0 Å². The number of nitrogens with two attached hydrogens (primary N) is 1. The summed E-state index contributed by atoms with van der Waals surface area (Å²) in [7, 11) is 1.50. The zero-order valence-corrected chi connectivity index (χ0v) is 94.3. The summed E-state index contributed by atoms with van der Waals surface area (Å²) in [4.78, 5) is 51.3. The zero-order valence-electron chi connectivity index (χ0n) is 87.2. The molecular formula is C100H163Al2I2N3O34. The number of halogens is 2. The van der Waals surface area contributed by atoms with Gasteiger partial charge in [-0.15, -0.1) is 0 Å². The average molecular weight is 2260 g/mol. The Morgan fingerprint density at radius 1 is 0.369 bits per heavy atom. The van der Waals surface area contributed by atoms with Crippen LogP contribution >= 0.6 is 40.5 Å². The van der Waals surface area contributed by atoms with Crippen LogP contribution in [0, 0.1) is 82.9 Å². The first kappa shape index (κ1) is 119. The molecule has 2 amide bonds. The largest absolute Gasteiger partial charge is 0.527 e. The number of nitrogens with one attached hydrogen (secondary N) is 2. The Morgan fingerprint density at radius 3 is 1.07 bits per heavy atom. The molecule has 0 bridgehead atoms. The number of hydrogen-bond acceptors (Lipinski definition) is 35. The van der Waals surface area contributed by atoms with Crippen molar-refractivity contribution in [3.63, 3.8) is 0 Å². The molecule has 0 aliphatic carbocycles. The summed E-state index contributed by atoms with van der Waals surface area (Å²) in [5.41, 5.74) is 6.67. The van der Waals surface area contributed by atoms with Gasteiger partial charge in [0.25, 0.3) is 0 Å². The van der Waals surface area contributed by atoms with E-state index in [1.807, 2.05) is 137 Å². The van der Waals surface area contributed by atoms with Gasteiger partial charge in [0, 0.05) is 63.2 Å². The fourth-order valence-corrected chi connectivity index (χ4v) is 23.8. The Bertz CT molecular complexity index is 4130. The third-order valence-corrected chi connectivity index (χ3v) is 34.7. The van der Waals surface area contributed by atoms with Crippen LogP contribution in [-0.4, -0.2) is 329 Å². The van der Waals surface area contributed by atoms with Gasteiger partial charge in [-0.05, 0) is 121 Å². The van der Waals surface area contributed by atoms with Crippen molar-refractivity contribution in [3.8, 4) is 0 Å². The molecule has 20 unspecified atom stereocenters. The fourth-order valence-electron chi connectivity index (χ4n) is 20.9. The molecule has 2 aromatic rings. The standard InChI is InChI=1S/C51H80NO17.C48H76NO17.CH5N.2Al.2HI.2H/c1-23-25(3)36(21-57-20-35-18-16-15-17-19-35)64-47(27(23)5)65-40-28(6)31(9)59-48(39(40)55)67-42-26(4)24(2)30(8)60-49(42)66-41-29(7)32(10)61-50(45(41)62-34(12)54)68-44-38(52-33(11)53)46(56)63-37-22-58-51(13,14)69-43(37)44;1-21-23(3)35(20-56-19-33-16-14-13-15-17-33)62-45(25(21)5)63-39-26(6)29(9)57-46(38(39)54)65-41-24(4)22(2)28(8)58-47(41)64-40-27(7)30(10)59-48(43(40)60-32(12)52)66-42-36(49-31(11)51)44(55)61-34(18-50)37(42)53;1-2;;;;;;/h15-19,23-32,36-50,55H,20-22H2,1-14H3,(H,52,53);13-17,21-30,34-48,50,53-54H,18-20H2,1-12H3,(H,49,51);2H2,1H3;;;2*1H;;/q2*-1;;2*+2;;;;/p-2/t23?,24-,25+,26+,27?,28+,29+,30?,31?,32?,36+,37?,38?,39?,40+,41+,42?,43-,44-,45?,46-,47-,48+,49+,50+;21?,22-,23+,24+,25?,26+,27+,28?,29?,30?,34?,35+,36?,37-,38?,39+,40+,41?,42-,43?,44-,45-,46+,47+,48+;;;;;;;/m11......./s1. The maximum atomic E-state index is 13.1. The van der Waals surface area contributed by atoms with E-state index in [0.717, 1.165) is 11.1 Å². The molecule has 11 aliphatic heterocycles. The van der Waals surface area contributed by atoms with Crippen molar-refractivity contribution in [3.05, 3.63) is 71.8 Å². The van der Waals surface area contributed by atoms with Crippen molar-refractivity contribution >= 4 is 88.8 Å². The molecule has 0 saturated carbocycles. The summed E-state index contributed by atoms with van der Waals surface area (Å²) < 4.78 is 169. The minimum Gasteiger partial charge on any atom is -0.471 e. The third-order valence-electron chi connectivity index (χ3n) is 31.7. The van der Waals surface area contributed by atoms with E-state index in [1.165, 1.54) is 34.7 Å². The van der Waals surface area contributed by atoms with Crippen LogP contribution in [0.5, 0.6) is 0 Å². The highest BCUT2D eigenvalue weighted by Crippen LogP contribution is 2.48.